The van der Waals surface area contributed by atoms with E-state index >= 15 is 0 Å². The van der Waals surface area contributed by atoms with Crippen LogP contribution in [0.5, 0.6) is 0 Å². The van der Waals surface area contributed by atoms with E-state index in [0.717, 1.165) is 0 Å². The van der Waals surface area contributed by atoms with Crippen LogP contribution >= 0.6 is 0 Å². The minimum Gasteiger partial charge on any atom is -0.480 e. The van der Waals surface area contributed by atoms with Gasteiger partial charge in [-0.1, -0.05) is 6.92 Å². The lowest BCUT2D eigenvalue weighted by Gasteiger charge is -2.40. The minimum atomic E-state index is -1.35. The molecule has 0 radical (unpaired) electrons. The first kappa shape index (κ1) is 16.3. The van der Waals surface area contributed by atoms with Crippen LogP contribution in [0, 0.1) is 0 Å². The normalized spacial score (nSPS) is 24.4. The van der Waals surface area contributed by atoms with Crippen LogP contribution < -0.4 is 0 Å². The molecule has 112 valence electrons. The van der Waals surface area contributed by atoms with Gasteiger partial charge in [0.25, 0.3) is 0 Å². The highest BCUT2D eigenvalue weighted by Gasteiger charge is 2.46. The highest BCUT2D eigenvalue weighted by Crippen LogP contribution is 2.28. The number of aliphatic carboxylic acids is 1. The summed E-state index contributed by atoms with van der Waals surface area (Å²) in [5.74, 6) is -2.34. The third-order valence-electron chi connectivity index (χ3n) is 3.84. The number of carboxylic acid groups (broad SMARTS) is 1. The molecule has 0 bridgehead atoms. The molecule has 0 amide bonds. The maximum absolute atomic E-state index is 11.1. The van der Waals surface area contributed by atoms with E-state index in [1.54, 1.807) is 6.92 Å². The van der Waals surface area contributed by atoms with Crippen LogP contribution in [0.2, 0.25) is 0 Å². The van der Waals surface area contributed by atoms with E-state index in [9.17, 15) is 15.0 Å². The molecule has 1 aliphatic heterocycles. The average Bonchev–Trinajstić information content (AvgIpc) is 2.89. The Morgan fingerprint density at radius 2 is 2.00 bits per heavy atom. The van der Waals surface area contributed by atoms with Crippen molar-refractivity contribution >= 4 is 5.97 Å². The zero-order valence-electron chi connectivity index (χ0n) is 11.6. The molecule has 0 aliphatic carbocycles. The molecular formula is C12H23NO6. The summed E-state index contributed by atoms with van der Waals surface area (Å²) in [6, 6.07) is -0.784. The Morgan fingerprint density at radius 1 is 1.42 bits per heavy atom. The fourth-order valence-corrected chi connectivity index (χ4v) is 2.60. The first-order valence-corrected chi connectivity index (χ1v) is 6.38. The third-order valence-corrected chi connectivity index (χ3v) is 3.84. The van der Waals surface area contributed by atoms with Crippen molar-refractivity contribution < 1.29 is 29.6 Å². The predicted molar refractivity (Wildman–Crippen MR) is 66.4 cm³/mol. The summed E-state index contributed by atoms with van der Waals surface area (Å²) in [6.07, 6.45) is -1.25. The van der Waals surface area contributed by atoms with Gasteiger partial charge in [-0.15, -0.1) is 0 Å². The number of methoxy groups -OCH3 is 2. The van der Waals surface area contributed by atoms with Crippen molar-refractivity contribution in [2.45, 2.75) is 50.3 Å². The second-order valence-corrected chi connectivity index (χ2v) is 4.67. The van der Waals surface area contributed by atoms with Crippen LogP contribution in [-0.4, -0.2) is 71.1 Å². The lowest BCUT2D eigenvalue weighted by molar-refractivity contribution is -0.292. The molecule has 1 unspecified atom stereocenters. The maximum Gasteiger partial charge on any atom is 0.320 e. The number of hydrogen-bond donors (Lipinski definition) is 3. The fourth-order valence-electron chi connectivity index (χ4n) is 2.60. The molecule has 0 aromatic heterocycles. The Labute approximate surface area is 112 Å². The van der Waals surface area contributed by atoms with E-state index in [-0.39, 0.29) is 0 Å². The molecule has 1 fully saturated rings. The molecule has 3 N–H and O–H groups in total. The number of hydrogen-bond acceptors (Lipinski definition) is 6. The summed E-state index contributed by atoms with van der Waals surface area (Å²) in [4.78, 5) is 12.5. The van der Waals surface area contributed by atoms with Gasteiger partial charge in [0.15, 0.2) is 5.79 Å². The molecule has 1 rings (SSSR count). The van der Waals surface area contributed by atoms with Gasteiger partial charge in [0.2, 0.25) is 0 Å². The SMILES string of the molecule is CCC(OC)(OC)[C@@H](O)[C@H](O)N1CCCC1C(=O)O. The Morgan fingerprint density at radius 3 is 2.42 bits per heavy atom. The average molecular weight is 277 g/mol. The van der Waals surface area contributed by atoms with E-state index in [0.29, 0.717) is 25.8 Å². The van der Waals surface area contributed by atoms with Gasteiger partial charge in [-0.3, -0.25) is 9.69 Å². The molecule has 0 spiro atoms. The van der Waals surface area contributed by atoms with Gasteiger partial charge in [-0.05, 0) is 12.8 Å². The summed E-state index contributed by atoms with van der Waals surface area (Å²) in [5.41, 5.74) is 0. The summed E-state index contributed by atoms with van der Waals surface area (Å²) < 4.78 is 10.3. The third kappa shape index (κ3) is 3.06. The number of nitrogens with zero attached hydrogens (tertiary/aromatic N) is 1. The van der Waals surface area contributed by atoms with Gasteiger partial charge >= 0.3 is 5.97 Å². The Balaban J connectivity index is 2.86. The Kier molecular flexibility index (Phi) is 5.69. The van der Waals surface area contributed by atoms with Crippen LogP contribution in [0.1, 0.15) is 26.2 Å². The van der Waals surface area contributed by atoms with Gasteiger partial charge in [-0.25, -0.2) is 0 Å². The maximum atomic E-state index is 11.1. The van der Waals surface area contributed by atoms with Gasteiger partial charge < -0.3 is 24.8 Å². The number of carboxylic acids is 1. The summed E-state index contributed by atoms with van der Waals surface area (Å²) in [5, 5.41) is 29.6. The van der Waals surface area contributed by atoms with Crippen LogP contribution in [0.15, 0.2) is 0 Å². The second-order valence-electron chi connectivity index (χ2n) is 4.67. The zero-order chi connectivity index (χ0) is 14.6. The van der Waals surface area contributed by atoms with E-state index in [1.165, 1.54) is 19.1 Å². The summed E-state index contributed by atoms with van der Waals surface area (Å²) >= 11 is 0. The number of likely N-dealkylation sites (tertiary alicyclic amines) is 1. The molecule has 1 heterocycles. The quantitative estimate of drug-likeness (QED) is 0.545. The second kappa shape index (κ2) is 6.62. The van der Waals surface area contributed by atoms with Crippen LogP contribution in [0.25, 0.3) is 0 Å². The monoisotopic (exact) mass is 277 g/mol. The van der Waals surface area contributed by atoms with Crippen molar-refractivity contribution in [2.75, 3.05) is 20.8 Å². The van der Waals surface area contributed by atoms with Crippen molar-refractivity contribution in [2.24, 2.45) is 0 Å². The van der Waals surface area contributed by atoms with Crippen molar-refractivity contribution in [3.63, 3.8) is 0 Å². The molecular weight excluding hydrogens is 254 g/mol. The minimum absolute atomic E-state index is 0.323. The molecule has 1 saturated heterocycles. The van der Waals surface area contributed by atoms with E-state index in [4.69, 9.17) is 14.6 Å². The molecule has 7 heteroatoms. The lowest BCUT2D eigenvalue weighted by atomic mass is 10.0. The van der Waals surface area contributed by atoms with Crippen LogP contribution in [0.4, 0.5) is 0 Å². The van der Waals surface area contributed by atoms with E-state index < -0.39 is 30.1 Å². The zero-order valence-corrected chi connectivity index (χ0v) is 11.6. The first-order chi connectivity index (χ1) is 8.93. The van der Waals surface area contributed by atoms with Crippen molar-refractivity contribution in [3.05, 3.63) is 0 Å². The van der Waals surface area contributed by atoms with E-state index in [2.05, 4.69) is 0 Å². The first-order valence-electron chi connectivity index (χ1n) is 6.38. The molecule has 19 heavy (non-hydrogen) atoms. The summed E-state index contributed by atoms with van der Waals surface area (Å²) in [6.45, 7) is 2.17. The molecule has 0 aromatic rings. The highest BCUT2D eigenvalue weighted by atomic mass is 16.7. The van der Waals surface area contributed by atoms with Gasteiger partial charge in [0.1, 0.15) is 18.4 Å². The van der Waals surface area contributed by atoms with Crippen LogP contribution in [-0.2, 0) is 14.3 Å². The molecule has 3 atom stereocenters. The Hall–Kier alpha value is -0.730. The fraction of sp³-hybridized carbons (Fsp3) is 0.917. The highest BCUT2D eigenvalue weighted by molar-refractivity contribution is 5.73. The Bertz CT molecular complexity index is 298. The standard InChI is InChI=1S/C12H23NO6/c1-4-12(18-2,19-3)9(14)10(15)13-7-5-6-8(13)11(16)17/h8-10,14-15H,4-7H2,1-3H3,(H,16,17)/t8?,9-,10-/m0/s1. The number of aliphatic hydroxyl groups is 2. The van der Waals surface area contributed by atoms with Crippen molar-refractivity contribution in [3.8, 4) is 0 Å². The number of carbonyl (C=O) groups is 1. The predicted octanol–water partition coefficient (Wildman–Crippen LogP) is -0.386. The van der Waals surface area contributed by atoms with Gasteiger partial charge in [0.05, 0.1) is 0 Å². The number of aliphatic hydroxyl groups excluding tert-OH is 2. The van der Waals surface area contributed by atoms with Crippen molar-refractivity contribution in [1.29, 1.82) is 0 Å². The lowest BCUT2D eigenvalue weighted by Crippen LogP contribution is -2.58. The largest absolute Gasteiger partial charge is 0.480 e. The topological polar surface area (TPSA) is 99.5 Å². The molecule has 7 nitrogen and oxygen atoms in total. The molecule has 0 saturated carbocycles. The number of ether oxygens (including phenoxy) is 2. The van der Waals surface area contributed by atoms with Crippen molar-refractivity contribution in [1.82, 2.24) is 4.90 Å². The summed E-state index contributed by atoms with van der Waals surface area (Å²) in [7, 11) is 2.75. The molecule has 1 aliphatic rings. The number of rotatable bonds is 7. The van der Waals surface area contributed by atoms with E-state index in [1.807, 2.05) is 0 Å². The van der Waals surface area contributed by atoms with Crippen LogP contribution in [0.3, 0.4) is 0 Å². The smallest absolute Gasteiger partial charge is 0.320 e. The van der Waals surface area contributed by atoms with Gasteiger partial charge in [-0.2, -0.15) is 0 Å². The molecule has 0 aromatic carbocycles. The van der Waals surface area contributed by atoms with Gasteiger partial charge in [0, 0.05) is 27.2 Å².